The third-order valence-corrected chi connectivity index (χ3v) is 2.75. The van der Waals surface area contributed by atoms with Crippen LogP contribution in [0.3, 0.4) is 0 Å². The molecule has 0 unspecified atom stereocenters. The Morgan fingerprint density at radius 2 is 1.93 bits per heavy atom. The van der Waals surface area contributed by atoms with E-state index in [2.05, 4.69) is 0 Å². The van der Waals surface area contributed by atoms with Crippen molar-refractivity contribution in [2.45, 2.75) is 19.3 Å². The van der Waals surface area contributed by atoms with Gasteiger partial charge < -0.3 is 4.90 Å². The van der Waals surface area contributed by atoms with Gasteiger partial charge >= 0.3 is 0 Å². The lowest BCUT2D eigenvalue weighted by Gasteiger charge is -2.18. The summed E-state index contributed by atoms with van der Waals surface area (Å²) in [5.74, 6) is -0.944. The van der Waals surface area contributed by atoms with Crippen LogP contribution < -0.4 is 4.90 Å². The third-order valence-electron chi connectivity index (χ3n) is 2.75. The molecule has 0 radical (unpaired) electrons. The largest absolute Gasteiger partial charge is 0.373 e. The summed E-state index contributed by atoms with van der Waals surface area (Å²) in [6.07, 6.45) is 0. The van der Waals surface area contributed by atoms with Crippen LogP contribution in [0.25, 0.3) is 0 Å². The maximum Gasteiger partial charge on any atom is 0.131 e. The SMILES string of the molecule is CN1CC(C)(C)c2c(F)cc(F)cc21. The van der Waals surface area contributed by atoms with Crippen molar-refractivity contribution < 1.29 is 8.78 Å². The molecule has 2 rings (SSSR count). The molecule has 0 bridgehead atoms. The summed E-state index contributed by atoms with van der Waals surface area (Å²) in [4.78, 5) is 1.89. The normalized spacial score (nSPS) is 18.5. The van der Waals surface area contributed by atoms with Gasteiger partial charge in [-0.1, -0.05) is 13.8 Å². The average molecular weight is 197 g/mol. The second-order valence-corrected chi connectivity index (χ2v) is 4.52. The molecule has 0 spiro atoms. The molecule has 76 valence electrons. The fraction of sp³-hybridized carbons (Fsp3) is 0.455. The van der Waals surface area contributed by atoms with Crippen LogP contribution in [0, 0.1) is 11.6 Å². The fourth-order valence-corrected chi connectivity index (χ4v) is 2.29. The van der Waals surface area contributed by atoms with Crippen molar-refractivity contribution in [1.82, 2.24) is 0 Å². The Morgan fingerprint density at radius 3 is 2.57 bits per heavy atom. The molecular weight excluding hydrogens is 184 g/mol. The fourth-order valence-electron chi connectivity index (χ4n) is 2.29. The minimum absolute atomic E-state index is 0.234. The van der Waals surface area contributed by atoms with Gasteiger partial charge in [-0.25, -0.2) is 8.78 Å². The molecule has 0 N–H and O–H groups in total. The zero-order chi connectivity index (χ0) is 10.5. The van der Waals surface area contributed by atoms with E-state index >= 15 is 0 Å². The topological polar surface area (TPSA) is 3.24 Å². The molecule has 1 nitrogen and oxygen atoms in total. The molecule has 0 atom stereocenters. The van der Waals surface area contributed by atoms with Crippen LogP contribution in [0.1, 0.15) is 19.4 Å². The number of rotatable bonds is 0. The Kier molecular flexibility index (Phi) is 1.81. The van der Waals surface area contributed by atoms with Gasteiger partial charge in [-0.3, -0.25) is 0 Å². The third kappa shape index (κ3) is 1.19. The van der Waals surface area contributed by atoms with Gasteiger partial charge in [0.2, 0.25) is 0 Å². The number of anilines is 1. The lowest BCUT2D eigenvalue weighted by Crippen LogP contribution is -2.25. The first-order valence-electron chi connectivity index (χ1n) is 4.62. The van der Waals surface area contributed by atoms with Gasteiger partial charge in [0.15, 0.2) is 0 Å². The first kappa shape index (κ1) is 9.44. The van der Waals surface area contributed by atoms with E-state index in [1.165, 1.54) is 6.07 Å². The highest BCUT2D eigenvalue weighted by Crippen LogP contribution is 2.41. The lowest BCUT2D eigenvalue weighted by molar-refractivity contribution is 0.510. The Bertz CT molecular complexity index is 385. The Labute approximate surface area is 82.3 Å². The summed E-state index contributed by atoms with van der Waals surface area (Å²) in [5.41, 5.74) is 1.07. The summed E-state index contributed by atoms with van der Waals surface area (Å²) in [6.45, 7) is 4.66. The molecule has 1 aromatic rings. The minimum Gasteiger partial charge on any atom is -0.373 e. The van der Waals surface area contributed by atoms with E-state index in [1.807, 2.05) is 25.8 Å². The molecule has 14 heavy (non-hydrogen) atoms. The Balaban J connectivity index is 2.69. The number of fused-ring (bicyclic) bond motifs is 1. The quantitative estimate of drug-likeness (QED) is 0.618. The van der Waals surface area contributed by atoms with E-state index in [1.54, 1.807) is 0 Å². The second kappa shape index (κ2) is 2.69. The second-order valence-electron chi connectivity index (χ2n) is 4.52. The average Bonchev–Trinajstić information content (AvgIpc) is 2.21. The van der Waals surface area contributed by atoms with E-state index in [9.17, 15) is 8.78 Å². The van der Waals surface area contributed by atoms with Crippen LogP contribution >= 0.6 is 0 Å². The van der Waals surface area contributed by atoms with Crippen LogP contribution in [0.4, 0.5) is 14.5 Å². The van der Waals surface area contributed by atoms with E-state index in [-0.39, 0.29) is 5.41 Å². The van der Waals surface area contributed by atoms with Gasteiger partial charge in [0.1, 0.15) is 11.6 Å². The molecule has 0 saturated heterocycles. The first-order valence-corrected chi connectivity index (χ1v) is 4.62. The van der Waals surface area contributed by atoms with Gasteiger partial charge in [-0.2, -0.15) is 0 Å². The zero-order valence-electron chi connectivity index (χ0n) is 8.56. The number of hydrogen-bond acceptors (Lipinski definition) is 1. The molecular formula is C11H13F2N. The molecule has 1 aromatic carbocycles. The smallest absolute Gasteiger partial charge is 0.131 e. The van der Waals surface area contributed by atoms with Crippen LogP contribution in [0.5, 0.6) is 0 Å². The molecule has 0 amide bonds. The van der Waals surface area contributed by atoms with Gasteiger partial charge in [0.05, 0.1) is 0 Å². The van der Waals surface area contributed by atoms with Crippen molar-refractivity contribution >= 4 is 5.69 Å². The Morgan fingerprint density at radius 1 is 1.29 bits per heavy atom. The maximum absolute atomic E-state index is 13.6. The molecule has 0 aromatic heterocycles. The Hall–Kier alpha value is -1.12. The maximum atomic E-state index is 13.6. The highest BCUT2D eigenvalue weighted by molar-refractivity contribution is 5.62. The minimum atomic E-state index is -0.509. The summed E-state index contributed by atoms with van der Waals surface area (Å²) in [5, 5.41) is 0. The standard InChI is InChI=1S/C11H13F2N/c1-11(2)6-14(3)9-5-7(12)4-8(13)10(9)11/h4-5H,6H2,1-3H3. The number of hydrogen-bond donors (Lipinski definition) is 0. The summed E-state index contributed by atoms with van der Waals surface area (Å²) in [6, 6.07) is 2.35. The molecule has 0 fully saturated rings. The number of likely N-dealkylation sites (N-methyl/N-ethyl adjacent to an activating group) is 1. The van der Waals surface area contributed by atoms with Crippen molar-refractivity contribution in [2.24, 2.45) is 0 Å². The number of nitrogens with zero attached hydrogens (tertiary/aromatic N) is 1. The summed E-state index contributed by atoms with van der Waals surface area (Å²) >= 11 is 0. The van der Waals surface area contributed by atoms with Crippen molar-refractivity contribution in [3.63, 3.8) is 0 Å². The van der Waals surface area contributed by atoms with E-state index < -0.39 is 11.6 Å². The molecule has 0 saturated carbocycles. The van der Waals surface area contributed by atoms with E-state index in [4.69, 9.17) is 0 Å². The predicted octanol–water partition coefficient (Wildman–Crippen LogP) is 2.69. The van der Waals surface area contributed by atoms with Crippen molar-refractivity contribution in [3.8, 4) is 0 Å². The predicted molar refractivity (Wildman–Crippen MR) is 52.7 cm³/mol. The van der Waals surface area contributed by atoms with E-state index in [0.29, 0.717) is 11.3 Å². The summed E-state index contributed by atoms with van der Waals surface area (Å²) < 4.78 is 26.5. The van der Waals surface area contributed by atoms with Gasteiger partial charge in [-0.15, -0.1) is 0 Å². The van der Waals surface area contributed by atoms with Crippen molar-refractivity contribution in [3.05, 3.63) is 29.3 Å². The van der Waals surface area contributed by atoms with Crippen LogP contribution in [0.15, 0.2) is 12.1 Å². The lowest BCUT2D eigenvalue weighted by atomic mass is 9.86. The van der Waals surface area contributed by atoms with Crippen molar-refractivity contribution in [1.29, 1.82) is 0 Å². The van der Waals surface area contributed by atoms with Gasteiger partial charge in [0, 0.05) is 36.3 Å². The first-order chi connectivity index (χ1) is 6.42. The van der Waals surface area contributed by atoms with Crippen LogP contribution in [0.2, 0.25) is 0 Å². The highest BCUT2D eigenvalue weighted by atomic mass is 19.1. The van der Waals surface area contributed by atoms with Crippen LogP contribution in [-0.2, 0) is 5.41 Å². The van der Waals surface area contributed by atoms with Gasteiger partial charge in [0.25, 0.3) is 0 Å². The van der Waals surface area contributed by atoms with E-state index in [0.717, 1.165) is 12.6 Å². The molecule has 1 heterocycles. The summed E-state index contributed by atoms with van der Waals surface area (Å²) in [7, 11) is 1.85. The molecule has 0 aliphatic carbocycles. The molecule has 1 aliphatic heterocycles. The van der Waals surface area contributed by atoms with Gasteiger partial charge in [-0.05, 0) is 6.07 Å². The van der Waals surface area contributed by atoms with Crippen LogP contribution in [-0.4, -0.2) is 13.6 Å². The monoisotopic (exact) mass is 197 g/mol. The number of halogens is 2. The molecule has 3 heteroatoms. The highest BCUT2D eigenvalue weighted by Gasteiger charge is 2.36. The molecule has 1 aliphatic rings. The van der Waals surface area contributed by atoms with Crippen molar-refractivity contribution in [2.75, 3.05) is 18.5 Å². The zero-order valence-corrected chi connectivity index (χ0v) is 8.56. The number of benzene rings is 1.